The number of nitrogens with one attached hydrogen (secondary N) is 1. The number of nitrogens with zero attached hydrogens (tertiary/aromatic N) is 3. The summed E-state index contributed by atoms with van der Waals surface area (Å²) in [4.78, 5) is 9.15. The fraction of sp³-hybridized carbons (Fsp3) is 0.583. The molecule has 0 aromatic carbocycles. The first-order valence-corrected chi connectivity index (χ1v) is 6.41. The van der Waals surface area contributed by atoms with Crippen molar-refractivity contribution in [2.45, 2.75) is 12.1 Å². The maximum atomic E-state index is 6.03. The van der Waals surface area contributed by atoms with Crippen molar-refractivity contribution in [1.29, 1.82) is 0 Å². The lowest BCUT2D eigenvalue weighted by molar-refractivity contribution is -0.00363. The Morgan fingerprint density at radius 3 is 2.67 bits per heavy atom. The SMILES string of the molecule is NNC(c1cnccc1N)C1CN2CCN1CC2. The summed E-state index contributed by atoms with van der Waals surface area (Å²) in [6, 6.07) is 2.25. The lowest BCUT2D eigenvalue weighted by Gasteiger charge is -2.50. The van der Waals surface area contributed by atoms with Gasteiger partial charge in [0.1, 0.15) is 0 Å². The molecule has 4 rings (SSSR count). The van der Waals surface area contributed by atoms with Crippen LogP contribution in [0.5, 0.6) is 0 Å². The molecule has 3 fully saturated rings. The molecule has 0 amide bonds. The van der Waals surface area contributed by atoms with Gasteiger partial charge in [-0.15, -0.1) is 0 Å². The first kappa shape index (κ1) is 11.9. The zero-order chi connectivity index (χ0) is 12.5. The van der Waals surface area contributed by atoms with E-state index in [1.54, 1.807) is 6.20 Å². The highest BCUT2D eigenvalue weighted by atomic mass is 15.4. The second-order valence-corrected chi connectivity index (χ2v) is 5.05. The van der Waals surface area contributed by atoms with E-state index in [2.05, 4.69) is 20.2 Å². The average Bonchev–Trinajstić information content (AvgIpc) is 2.43. The predicted octanol–water partition coefficient (Wildman–Crippen LogP) is -0.832. The topological polar surface area (TPSA) is 83.4 Å². The Balaban J connectivity index is 1.87. The molecule has 2 bridgehead atoms. The van der Waals surface area contributed by atoms with E-state index in [0.29, 0.717) is 6.04 Å². The number of hydrazine groups is 1. The van der Waals surface area contributed by atoms with Crippen LogP contribution >= 0.6 is 0 Å². The highest BCUT2D eigenvalue weighted by Gasteiger charge is 2.37. The molecule has 1 aromatic heterocycles. The van der Waals surface area contributed by atoms with E-state index in [1.807, 2.05) is 12.3 Å². The van der Waals surface area contributed by atoms with E-state index in [0.717, 1.165) is 44.0 Å². The molecule has 3 aliphatic rings. The fourth-order valence-corrected chi connectivity index (χ4v) is 3.06. The average molecular weight is 248 g/mol. The van der Waals surface area contributed by atoms with E-state index in [9.17, 15) is 0 Å². The number of rotatable bonds is 3. The van der Waals surface area contributed by atoms with Crippen LogP contribution < -0.4 is 17.0 Å². The fourth-order valence-electron chi connectivity index (χ4n) is 3.06. The molecule has 0 spiro atoms. The number of anilines is 1. The summed E-state index contributed by atoms with van der Waals surface area (Å²) < 4.78 is 0. The van der Waals surface area contributed by atoms with Crippen LogP contribution in [0.4, 0.5) is 5.69 Å². The Labute approximate surface area is 107 Å². The molecule has 5 N–H and O–H groups in total. The molecule has 4 heterocycles. The van der Waals surface area contributed by atoms with Crippen molar-refractivity contribution in [3.8, 4) is 0 Å². The molecule has 2 unspecified atom stereocenters. The summed E-state index contributed by atoms with van der Waals surface area (Å²) in [5.74, 6) is 5.76. The van der Waals surface area contributed by atoms with Gasteiger partial charge >= 0.3 is 0 Å². The number of nitrogens with two attached hydrogens (primary N) is 2. The summed E-state index contributed by atoms with van der Waals surface area (Å²) in [6.45, 7) is 5.60. The Morgan fingerprint density at radius 2 is 2.11 bits per heavy atom. The lowest BCUT2D eigenvalue weighted by atomic mass is 9.94. The number of nitrogen functional groups attached to an aromatic ring is 1. The van der Waals surface area contributed by atoms with Crippen LogP contribution in [0, 0.1) is 0 Å². The molecular formula is C12H20N6. The second kappa shape index (κ2) is 4.81. The maximum absolute atomic E-state index is 6.03. The van der Waals surface area contributed by atoms with Gasteiger partial charge in [-0.2, -0.15) is 0 Å². The van der Waals surface area contributed by atoms with Gasteiger partial charge in [0.05, 0.1) is 6.04 Å². The summed E-state index contributed by atoms with van der Waals surface area (Å²) >= 11 is 0. The minimum atomic E-state index is 0.0433. The molecule has 1 aromatic rings. The van der Waals surface area contributed by atoms with Crippen molar-refractivity contribution < 1.29 is 0 Å². The largest absolute Gasteiger partial charge is 0.398 e. The molecule has 3 aliphatic heterocycles. The zero-order valence-electron chi connectivity index (χ0n) is 10.4. The van der Waals surface area contributed by atoms with Gasteiger partial charge in [-0.3, -0.25) is 26.1 Å². The third kappa shape index (κ3) is 1.97. The molecule has 6 nitrogen and oxygen atoms in total. The molecular weight excluding hydrogens is 228 g/mol. The number of pyridine rings is 1. The monoisotopic (exact) mass is 248 g/mol. The Bertz CT molecular complexity index is 415. The minimum absolute atomic E-state index is 0.0433. The van der Waals surface area contributed by atoms with Crippen LogP contribution in [-0.2, 0) is 0 Å². The third-order valence-corrected chi connectivity index (χ3v) is 4.11. The second-order valence-electron chi connectivity index (χ2n) is 5.05. The molecule has 18 heavy (non-hydrogen) atoms. The standard InChI is InChI=1S/C12H20N6/c13-10-1-2-15-7-9(10)12(16-14)11-8-17-3-5-18(11)6-4-17/h1-2,7,11-12,16H,3-6,8,14H2,(H2,13,15). The summed E-state index contributed by atoms with van der Waals surface area (Å²) in [5, 5.41) is 0. The smallest absolute Gasteiger partial charge is 0.0663 e. The molecule has 0 aliphatic carbocycles. The third-order valence-electron chi connectivity index (χ3n) is 4.11. The van der Waals surface area contributed by atoms with Crippen LogP contribution in [-0.4, -0.2) is 53.5 Å². The molecule has 0 saturated carbocycles. The van der Waals surface area contributed by atoms with E-state index in [4.69, 9.17) is 11.6 Å². The molecule has 2 atom stereocenters. The normalized spacial score (nSPS) is 32.4. The quantitative estimate of drug-likeness (QED) is 0.478. The first-order chi connectivity index (χ1) is 8.79. The van der Waals surface area contributed by atoms with Crippen LogP contribution in [0.2, 0.25) is 0 Å². The summed E-state index contributed by atoms with van der Waals surface area (Å²) in [5.41, 5.74) is 10.7. The highest BCUT2D eigenvalue weighted by molar-refractivity contribution is 5.46. The Hall–Kier alpha value is -1.21. The molecule has 98 valence electrons. The van der Waals surface area contributed by atoms with E-state index >= 15 is 0 Å². The molecule has 3 saturated heterocycles. The van der Waals surface area contributed by atoms with Crippen LogP contribution in [0.25, 0.3) is 0 Å². The van der Waals surface area contributed by atoms with Gasteiger partial charge in [0.25, 0.3) is 0 Å². The van der Waals surface area contributed by atoms with Crippen molar-refractivity contribution >= 4 is 5.69 Å². The van der Waals surface area contributed by atoms with Crippen molar-refractivity contribution in [2.75, 3.05) is 38.5 Å². The van der Waals surface area contributed by atoms with Crippen molar-refractivity contribution in [3.05, 3.63) is 24.0 Å². The van der Waals surface area contributed by atoms with E-state index in [1.165, 1.54) is 0 Å². The van der Waals surface area contributed by atoms with Gasteiger partial charge in [-0.05, 0) is 6.07 Å². The van der Waals surface area contributed by atoms with E-state index in [-0.39, 0.29) is 6.04 Å². The summed E-state index contributed by atoms with van der Waals surface area (Å²) in [7, 11) is 0. The van der Waals surface area contributed by atoms with Gasteiger partial charge in [-0.25, -0.2) is 0 Å². The van der Waals surface area contributed by atoms with Crippen LogP contribution in [0.1, 0.15) is 11.6 Å². The maximum Gasteiger partial charge on any atom is 0.0663 e. The van der Waals surface area contributed by atoms with E-state index < -0.39 is 0 Å². The minimum Gasteiger partial charge on any atom is -0.398 e. The van der Waals surface area contributed by atoms with Crippen molar-refractivity contribution in [3.63, 3.8) is 0 Å². The van der Waals surface area contributed by atoms with Gasteiger partial charge in [0.2, 0.25) is 0 Å². The number of fused-ring (bicyclic) bond motifs is 3. The Morgan fingerprint density at radius 1 is 1.33 bits per heavy atom. The summed E-state index contributed by atoms with van der Waals surface area (Å²) in [6.07, 6.45) is 3.53. The zero-order valence-corrected chi connectivity index (χ0v) is 10.4. The molecule has 6 heteroatoms. The number of piperazine rings is 3. The van der Waals surface area contributed by atoms with Crippen LogP contribution in [0.15, 0.2) is 18.5 Å². The molecule has 0 radical (unpaired) electrons. The van der Waals surface area contributed by atoms with Gasteiger partial charge in [0.15, 0.2) is 0 Å². The lowest BCUT2D eigenvalue weighted by Crippen LogP contribution is -2.64. The van der Waals surface area contributed by atoms with Gasteiger partial charge < -0.3 is 5.73 Å². The van der Waals surface area contributed by atoms with Gasteiger partial charge in [-0.1, -0.05) is 0 Å². The van der Waals surface area contributed by atoms with Crippen molar-refractivity contribution in [2.24, 2.45) is 5.84 Å². The number of hydrogen-bond acceptors (Lipinski definition) is 6. The predicted molar refractivity (Wildman–Crippen MR) is 70.5 cm³/mol. The van der Waals surface area contributed by atoms with Gasteiger partial charge in [0, 0.05) is 62.4 Å². The van der Waals surface area contributed by atoms with Crippen LogP contribution in [0.3, 0.4) is 0 Å². The first-order valence-electron chi connectivity index (χ1n) is 6.41. The number of hydrogen-bond donors (Lipinski definition) is 3. The highest BCUT2D eigenvalue weighted by Crippen LogP contribution is 2.29. The van der Waals surface area contributed by atoms with Crippen molar-refractivity contribution in [1.82, 2.24) is 20.2 Å². The number of aromatic nitrogens is 1. The Kier molecular flexibility index (Phi) is 3.17.